The number of hydrogen-bond acceptors (Lipinski definition) is 5. The second-order valence-corrected chi connectivity index (χ2v) is 9.51. The fraction of sp³-hybridized carbons (Fsp3) is 0.650. The van der Waals surface area contributed by atoms with Crippen molar-refractivity contribution < 1.29 is 17.9 Å². The van der Waals surface area contributed by atoms with Crippen LogP contribution in [0, 0.1) is 5.92 Å². The standard InChI is InChI=1S/C20H32N4O4S.HI/c1-21-20(22-8-10-29(25,26)23-13-15-5-4-6-15)24-9-7-16-11-18(27-2)19(28-3)12-17(16)14-24;/h11-12,15,23H,4-10,13-14H2,1-3H3,(H,21,22);1H. The number of nitrogens with one attached hydrogen (secondary N) is 2. The molecular formula is C20H33IN4O4S. The molecule has 1 aromatic carbocycles. The van der Waals surface area contributed by atoms with Crippen LogP contribution in [0.25, 0.3) is 0 Å². The van der Waals surface area contributed by atoms with Crippen molar-refractivity contribution in [2.24, 2.45) is 10.9 Å². The third kappa shape index (κ3) is 6.36. The molecule has 0 atom stereocenters. The second kappa shape index (κ2) is 11.4. The average Bonchev–Trinajstić information content (AvgIpc) is 2.68. The van der Waals surface area contributed by atoms with Gasteiger partial charge in [0, 0.05) is 33.2 Å². The number of methoxy groups -OCH3 is 2. The quantitative estimate of drug-likeness (QED) is 0.291. The normalized spacial score (nSPS) is 16.9. The predicted octanol–water partition coefficient (Wildman–Crippen LogP) is 1.97. The molecule has 1 saturated carbocycles. The molecule has 1 aromatic rings. The average molecular weight is 552 g/mol. The fourth-order valence-corrected chi connectivity index (χ4v) is 4.71. The molecule has 0 radical (unpaired) electrons. The first-order valence-corrected chi connectivity index (χ1v) is 11.8. The summed E-state index contributed by atoms with van der Waals surface area (Å²) in [6.07, 6.45) is 4.32. The molecule has 1 aliphatic carbocycles. The molecule has 0 amide bonds. The van der Waals surface area contributed by atoms with E-state index in [9.17, 15) is 8.42 Å². The number of nitrogens with zero attached hydrogens (tertiary/aromatic N) is 2. The highest BCUT2D eigenvalue weighted by atomic mass is 127. The van der Waals surface area contributed by atoms with E-state index in [0.29, 0.717) is 37.3 Å². The van der Waals surface area contributed by atoms with Gasteiger partial charge in [0.05, 0.1) is 20.0 Å². The van der Waals surface area contributed by atoms with Crippen LogP contribution in [0.15, 0.2) is 17.1 Å². The van der Waals surface area contributed by atoms with Crippen molar-refractivity contribution in [1.82, 2.24) is 14.9 Å². The van der Waals surface area contributed by atoms with Crippen LogP contribution in [0.5, 0.6) is 11.5 Å². The third-order valence-electron chi connectivity index (χ3n) is 5.70. The van der Waals surface area contributed by atoms with Crippen LogP contribution in [0.1, 0.15) is 30.4 Å². The first kappa shape index (κ1) is 25.0. The number of fused-ring (bicyclic) bond motifs is 1. The molecule has 0 aromatic heterocycles. The summed E-state index contributed by atoms with van der Waals surface area (Å²) in [7, 11) is 1.72. The molecule has 0 unspecified atom stereocenters. The largest absolute Gasteiger partial charge is 0.493 e. The van der Waals surface area contributed by atoms with Crippen molar-refractivity contribution in [3.05, 3.63) is 23.3 Å². The number of guanidine groups is 1. The highest BCUT2D eigenvalue weighted by Gasteiger charge is 2.23. The Balaban J connectivity index is 0.00000320. The minimum absolute atomic E-state index is 0. The van der Waals surface area contributed by atoms with Crippen LogP contribution in [0.2, 0.25) is 0 Å². The van der Waals surface area contributed by atoms with E-state index in [0.717, 1.165) is 37.1 Å². The summed E-state index contributed by atoms with van der Waals surface area (Å²) in [4.78, 5) is 6.47. The molecule has 3 rings (SSSR count). The van der Waals surface area contributed by atoms with Gasteiger partial charge >= 0.3 is 0 Å². The zero-order valence-electron chi connectivity index (χ0n) is 17.9. The Hall–Kier alpha value is -1.27. The van der Waals surface area contributed by atoms with Crippen LogP contribution in [-0.4, -0.2) is 65.9 Å². The number of rotatable bonds is 8. The number of benzene rings is 1. The van der Waals surface area contributed by atoms with Gasteiger partial charge in [0.2, 0.25) is 10.0 Å². The molecule has 8 nitrogen and oxygen atoms in total. The third-order valence-corrected chi connectivity index (χ3v) is 7.05. The Morgan fingerprint density at radius 2 is 1.87 bits per heavy atom. The van der Waals surface area contributed by atoms with E-state index in [1.54, 1.807) is 21.3 Å². The van der Waals surface area contributed by atoms with Gasteiger partial charge < -0.3 is 19.7 Å². The Kier molecular flexibility index (Phi) is 9.48. The number of sulfonamides is 1. The Morgan fingerprint density at radius 3 is 2.43 bits per heavy atom. The van der Waals surface area contributed by atoms with Crippen molar-refractivity contribution in [3.8, 4) is 11.5 Å². The Labute approximate surface area is 196 Å². The summed E-state index contributed by atoms with van der Waals surface area (Å²) in [5.74, 6) is 2.70. The van der Waals surface area contributed by atoms with Crippen LogP contribution < -0.4 is 19.5 Å². The molecular weight excluding hydrogens is 519 g/mol. The molecule has 0 spiro atoms. The number of ether oxygens (including phenoxy) is 2. The lowest BCUT2D eigenvalue weighted by Gasteiger charge is -2.32. The molecule has 0 saturated heterocycles. The maximum Gasteiger partial charge on any atom is 0.213 e. The van der Waals surface area contributed by atoms with Gasteiger partial charge in [-0.15, -0.1) is 24.0 Å². The summed E-state index contributed by atoms with van der Waals surface area (Å²) in [6.45, 7) is 2.37. The smallest absolute Gasteiger partial charge is 0.213 e. The topological polar surface area (TPSA) is 92.3 Å². The molecule has 10 heteroatoms. The van der Waals surface area contributed by atoms with E-state index in [1.807, 2.05) is 12.1 Å². The fourth-order valence-electron chi connectivity index (χ4n) is 3.71. The lowest BCUT2D eigenvalue weighted by atomic mass is 9.86. The summed E-state index contributed by atoms with van der Waals surface area (Å²) >= 11 is 0. The summed E-state index contributed by atoms with van der Waals surface area (Å²) < 4.78 is 37.9. The van der Waals surface area contributed by atoms with Gasteiger partial charge in [-0.2, -0.15) is 0 Å². The zero-order valence-corrected chi connectivity index (χ0v) is 21.1. The van der Waals surface area contributed by atoms with E-state index >= 15 is 0 Å². The molecule has 2 aliphatic rings. The summed E-state index contributed by atoms with van der Waals surface area (Å²) in [6, 6.07) is 4.03. The number of halogens is 1. The molecule has 1 heterocycles. The van der Waals surface area contributed by atoms with Crippen molar-refractivity contribution in [1.29, 1.82) is 0 Å². The summed E-state index contributed by atoms with van der Waals surface area (Å²) in [5, 5.41) is 3.19. The SMILES string of the molecule is CN=C(NCCS(=O)(=O)NCC1CCC1)N1CCc2cc(OC)c(OC)cc2C1.I. The van der Waals surface area contributed by atoms with Gasteiger partial charge in [-0.25, -0.2) is 13.1 Å². The van der Waals surface area contributed by atoms with Crippen LogP contribution >= 0.6 is 24.0 Å². The van der Waals surface area contributed by atoms with Gasteiger partial charge in [-0.05, 0) is 48.4 Å². The minimum atomic E-state index is -3.27. The molecule has 0 bridgehead atoms. The molecule has 1 fully saturated rings. The van der Waals surface area contributed by atoms with Gasteiger partial charge in [-0.1, -0.05) is 6.42 Å². The summed E-state index contributed by atoms with van der Waals surface area (Å²) in [5.41, 5.74) is 2.39. The predicted molar refractivity (Wildman–Crippen MR) is 130 cm³/mol. The van der Waals surface area contributed by atoms with Crippen LogP contribution in [-0.2, 0) is 23.0 Å². The number of hydrogen-bond donors (Lipinski definition) is 2. The molecule has 2 N–H and O–H groups in total. The molecule has 170 valence electrons. The van der Waals surface area contributed by atoms with E-state index < -0.39 is 10.0 Å². The highest BCUT2D eigenvalue weighted by molar-refractivity contribution is 14.0. The maximum absolute atomic E-state index is 12.2. The molecule has 30 heavy (non-hydrogen) atoms. The first-order valence-electron chi connectivity index (χ1n) is 10.1. The monoisotopic (exact) mass is 552 g/mol. The first-order chi connectivity index (χ1) is 14.0. The lowest BCUT2D eigenvalue weighted by molar-refractivity contribution is 0.316. The van der Waals surface area contributed by atoms with Crippen molar-refractivity contribution in [2.45, 2.75) is 32.2 Å². The highest BCUT2D eigenvalue weighted by Crippen LogP contribution is 2.33. The van der Waals surface area contributed by atoms with E-state index in [2.05, 4.69) is 19.9 Å². The van der Waals surface area contributed by atoms with E-state index in [-0.39, 0.29) is 29.7 Å². The second-order valence-electron chi connectivity index (χ2n) is 7.59. The van der Waals surface area contributed by atoms with Gasteiger partial charge in [0.1, 0.15) is 0 Å². The lowest BCUT2D eigenvalue weighted by Crippen LogP contribution is -2.46. The van der Waals surface area contributed by atoms with Gasteiger partial charge in [0.25, 0.3) is 0 Å². The maximum atomic E-state index is 12.2. The van der Waals surface area contributed by atoms with Gasteiger partial charge in [0.15, 0.2) is 17.5 Å². The van der Waals surface area contributed by atoms with Gasteiger partial charge in [-0.3, -0.25) is 4.99 Å². The van der Waals surface area contributed by atoms with Crippen LogP contribution in [0.3, 0.4) is 0 Å². The number of aliphatic imine (C=N–C) groups is 1. The van der Waals surface area contributed by atoms with E-state index in [1.165, 1.54) is 12.0 Å². The van der Waals surface area contributed by atoms with Crippen molar-refractivity contribution >= 4 is 40.0 Å². The Bertz CT molecular complexity index is 843. The Morgan fingerprint density at radius 1 is 1.20 bits per heavy atom. The zero-order chi connectivity index (χ0) is 20.9. The molecule has 1 aliphatic heterocycles. The van der Waals surface area contributed by atoms with Crippen LogP contribution in [0.4, 0.5) is 0 Å². The van der Waals surface area contributed by atoms with E-state index in [4.69, 9.17) is 9.47 Å². The van der Waals surface area contributed by atoms with Crippen molar-refractivity contribution in [2.75, 3.05) is 46.7 Å². The minimum Gasteiger partial charge on any atom is -0.493 e. The van der Waals surface area contributed by atoms with Crippen molar-refractivity contribution in [3.63, 3.8) is 0 Å².